The van der Waals surface area contributed by atoms with Crippen LogP contribution in [0.2, 0.25) is 0 Å². The lowest BCUT2D eigenvalue weighted by Gasteiger charge is -2.28. The molecule has 0 saturated carbocycles. The van der Waals surface area contributed by atoms with Gasteiger partial charge in [0.2, 0.25) is 5.91 Å². The van der Waals surface area contributed by atoms with Gasteiger partial charge in [-0.1, -0.05) is 6.92 Å². The zero-order valence-electron chi connectivity index (χ0n) is 10.4. The summed E-state index contributed by atoms with van der Waals surface area (Å²) >= 11 is 3.83. The predicted octanol–water partition coefficient (Wildman–Crippen LogP) is 2.54. The number of rotatable bonds is 3. The molecule has 1 aromatic heterocycles. The van der Waals surface area contributed by atoms with E-state index in [2.05, 4.69) is 29.0 Å². The van der Waals surface area contributed by atoms with Gasteiger partial charge in [0, 0.05) is 30.3 Å². The molecule has 1 saturated heterocycles. The molecule has 98 valence electrons. The number of fused-ring (bicyclic) bond motifs is 1. The van der Waals surface area contributed by atoms with Gasteiger partial charge in [-0.3, -0.25) is 4.79 Å². The van der Waals surface area contributed by atoms with Crippen molar-refractivity contribution in [1.82, 2.24) is 10.6 Å². The molecule has 1 amide bonds. The molecule has 3 heterocycles. The molecule has 2 N–H and O–H groups in total. The summed E-state index contributed by atoms with van der Waals surface area (Å²) in [6.45, 7) is 3.18. The number of nitrogens with one attached hydrogen (secondary N) is 2. The third-order valence-corrected chi connectivity index (χ3v) is 5.95. The molecular weight excluding hydrogens is 264 g/mol. The normalized spacial score (nSPS) is 31.2. The average molecular weight is 282 g/mol. The van der Waals surface area contributed by atoms with E-state index in [9.17, 15) is 4.79 Å². The molecule has 2 aliphatic heterocycles. The topological polar surface area (TPSA) is 41.1 Å². The maximum Gasteiger partial charge on any atom is 0.220 e. The van der Waals surface area contributed by atoms with Gasteiger partial charge in [0.1, 0.15) is 0 Å². The summed E-state index contributed by atoms with van der Waals surface area (Å²) in [7, 11) is 0. The highest BCUT2D eigenvalue weighted by atomic mass is 32.2. The molecule has 18 heavy (non-hydrogen) atoms. The largest absolute Gasteiger partial charge is 0.352 e. The fourth-order valence-corrected chi connectivity index (χ4v) is 5.22. The second-order valence-electron chi connectivity index (χ2n) is 5.09. The Kier molecular flexibility index (Phi) is 3.63. The lowest BCUT2D eigenvalue weighted by Crippen LogP contribution is -2.38. The Bertz CT molecular complexity index is 446. The summed E-state index contributed by atoms with van der Waals surface area (Å²) in [5, 5.41) is 9.51. The summed E-state index contributed by atoms with van der Waals surface area (Å²) in [6, 6.07) is 3.02. The van der Waals surface area contributed by atoms with Crippen LogP contribution in [0.25, 0.3) is 0 Å². The van der Waals surface area contributed by atoms with E-state index < -0.39 is 0 Å². The van der Waals surface area contributed by atoms with Crippen molar-refractivity contribution < 1.29 is 4.79 Å². The molecule has 0 spiro atoms. The summed E-state index contributed by atoms with van der Waals surface area (Å²) in [4.78, 5) is 11.2. The molecule has 3 rings (SSSR count). The highest BCUT2D eigenvalue weighted by Gasteiger charge is 2.27. The third-order valence-electron chi connectivity index (χ3n) is 3.61. The zero-order chi connectivity index (χ0) is 12.5. The molecule has 2 unspecified atom stereocenters. The second-order valence-corrected chi connectivity index (χ2v) is 7.71. The maximum atomic E-state index is 11.2. The van der Waals surface area contributed by atoms with E-state index >= 15 is 0 Å². The lowest BCUT2D eigenvalue weighted by molar-refractivity contribution is -0.119. The minimum absolute atomic E-state index is 0.200. The highest BCUT2D eigenvalue weighted by molar-refractivity contribution is 8.01. The number of amides is 1. The summed E-state index contributed by atoms with van der Waals surface area (Å²) < 4.78 is 1.46. The van der Waals surface area contributed by atoms with Crippen LogP contribution in [-0.2, 0) is 4.79 Å². The summed E-state index contributed by atoms with van der Waals surface area (Å²) in [5.41, 5.74) is 1.45. The smallest absolute Gasteiger partial charge is 0.220 e. The minimum Gasteiger partial charge on any atom is -0.352 e. The molecule has 0 aromatic carbocycles. The van der Waals surface area contributed by atoms with Gasteiger partial charge in [-0.2, -0.15) is 0 Å². The molecule has 3 nitrogen and oxygen atoms in total. The molecule has 5 heteroatoms. The van der Waals surface area contributed by atoms with Gasteiger partial charge < -0.3 is 10.6 Å². The number of hydrogen-bond donors (Lipinski definition) is 2. The van der Waals surface area contributed by atoms with Gasteiger partial charge in [0.05, 0.1) is 4.21 Å². The van der Waals surface area contributed by atoms with Crippen LogP contribution >= 0.6 is 23.1 Å². The Balaban J connectivity index is 1.61. The molecule has 1 fully saturated rings. The second kappa shape index (κ2) is 5.23. The standard InChI is InChI=1S/C13H18N2OS2/c1-8-6-11(10-4-5-17-13(10)18-8)14-7-9-2-3-12(16)15-9/h4-5,8-9,11,14H,2-3,6-7H2,1H3,(H,15,16)/t8-,9?,11?/m0/s1. The first-order chi connectivity index (χ1) is 8.72. The number of carbonyl (C=O) groups is 1. The molecule has 0 aliphatic carbocycles. The van der Waals surface area contributed by atoms with Gasteiger partial charge in [-0.05, 0) is 29.9 Å². The fraction of sp³-hybridized carbons (Fsp3) is 0.615. The molecule has 3 atom stereocenters. The van der Waals surface area contributed by atoms with E-state index in [0.29, 0.717) is 23.8 Å². The van der Waals surface area contributed by atoms with E-state index in [-0.39, 0.29) is 5.91 Å². The third kappa shape index (κ3) is 2.58. The van der Waals surface area contributed by atoms with Crippen molar-refractivity contribution in [1.29, 1.82) is 0 Å². The van der Waals surface area contributed by atoms with Gasteiger partial charge in [-0.25, -0.2) is 0 Å². The van der Waals surface area contributed by atoms with E-state index in [1.54, 1.807) is 0 Å². The van der Waals surface area contributed by atoms with Crippen LogP contribution in [0.5, 0.6) is 0 Å². The quantitative estimate of drug-likeness (QED) is 0.895. The van der Waals surface area contributed by atoms with Crippen molar-refractivity contribution in [3.63, 3.8) is 0 Å². The van der Waals surface area contributed by atoms with Crippen LogP contribution in [-0.4, -0.2) is 23.7 Å². The van der Waals surface area contributed by atoms with Crippen molar-refractivity contribution in [3.8, 4) is 0 Å². The number of thiophene rings is 1. The van der Waals surface area contributed by atoms with Gasteiger partial charge in [-0.15, -0.1) is 23.1 Å². The first-order valence-electron chi connectivity index (χ1n) is 6.49. The molecule has 0 radical (unpaired) electrons. The number of carbonyl (C=O) groups excluding carboxylic acids is 1. The predicted molar refractivity (Wildman–Crippen MR) is 76.2 cm³/mol. The Morgan fingerprint density at radius 1 is 1.56 bits per heavy atom. The van der Waals surface area contributed by atoms with E-state index in [4.69, 9.17) is 0 Å². The zero-order valence-corrected chi connectivity index (χ0v) is 12.1. The number of thioether (sulfide) groups is 1. The van der Waals surface area contributed by atoms with Crippen molar-refractivity contribution in [2.75, 3.05) is 6.54 Å². The Morgan fingerprint density at radius 2 is 2.44 bits per heavy atom. The number of hydrogen-bond acceptors (Lipinski definition) is 4. The van der Waals surface area contributed by atoms with Crippen LogP contribution in [0.4, 0.5) is 0 Å². The van der Waals surface area contributed by atoms with Gasteiger partial charge >= 0.3 is 0 Å². The monoisotopic (exact) mass is 282 g/mol. The van der Waals surface area contributed by atoms with Crippen LogP contribution in [0.15, 0.2) is 15.7 Å². The van der Waals surface area contributed by atoms with Crippen molar-refractivity contribution in [3.05, 3.63) is 17.0 Å². The Hall–Kier alpha value is -0.520. The van der Waals surface area contributed by atoms with Crippen molar-refractivity contribution >= 4 is 29.0 Å². The first kappa shape index (κ1) is 12.5. The molecule has 2 aliphatic rings. The first-order valence-corrected chi connectivity index (χ1v) is 8.25. The Labute approximate surface area is 116 Å². The van der Waals surface area contributed by atoms with Crippen LogP contribution in [0.3, 0.4) is 0 Å². The van der Waals surface area contributed by atoms with E-state index in [1.807, 2.05) is 23.1 Å². The lowest BCUT2D eigenvalue weighted by atomic mass is 10.0. The molecular formula is C13H18N2OS2. The van der Waals surface area contributed by atoms with Crippen molar-refractivity contribution in [2.45, 2.75) is 47.7 Å². The van der Waals surface area contributed by atoms with Gasteiger partial charge in [0.25, 0.3) is 0 Å². The van der Waals surface area contributed by atoms with Crippen LogP contribution in [0, 0.1) is 0 Å². The van der Waals surface area contributed by atoms with Gasteiger partial charge in [0.15, 0.2) is 0 Å². The van der Waals surface area contributed by atoms with E-state index in [0.717, 1.165) is 13.0 Å². The van der Waals surface area contributed by atoms with Crippen LogP contribution in [0.1, 0.15) is 37.8 Å². The minimum atomic E-state index is 0.200. The average Bonchev–Trinajstić information content (AvgIpc) is 2.94. The Morgan fingerprint density at radius 3 is 3.22 bits per heavy atom. The van der Waals surface area contributed by atoms with Crippen LogP contribution < -0.4 is 10.6 Å². The maximum absolute atomic E-state index is 11.2. The highest BCUT2D eigenvalue weighted by Crippen LogP contribution is 2.43. The SMILES string of the molecule is C[C@H]1CC(NCC2CCC(=O)N2)c2ccsc2S1. The molecule has 1 aromatic rings. The molecule has 0 bridgehead atoms. The summed E-state index contributed by atoms with van der Waals surface area (Å²) in [5.74, 6) is 0.200. The van der Waals surface area contributed by atoms with E-state index in [1.165, 1.54) is 16.2 Å². The summed E-state index contributed by atoms with van der Waals surface area (Å²) in [6.07, 6.45) is 2.83. The van der Waals surface area contributed by atoms with Crippen molar-refractivity contribution in [2.24, 2.45) is 0 Å². The fourth-order valence-electron chi connectivity index (χ4n) is 2.66.